The summed E-state index contributed by atoms with van der Waals surface area (Å²) in [6.45, 7) is 13.9. The Kier molecular flexibility index (Phi) is 11.7. The minimum atomic E-state index is -0.320. The highest BCUT2D eigenvalue weighted by Gasteiger charge is 2.35. The fourth-order valence-electron chi connectivity index (χ4n) is 6.42. The average Bonchev–Trinajstić information content (AvgIpc) is 3.28. The number of fused-ring (bicyclic) bond motifs is 16. The molecule has 11 nitrogen and oxygen atoms in total. The third kappa shape index (κ3) is 8.42. The quantitative estimate of drug-likeness (QED) is 0.213. The molecule has 0 atom stereocenters. The fourth-order valence-corrected chi connectivity index (χ4v) is 6.42. The molecule has 0 spiro atoms. The highest BCUT2D eigenvalue weighted by molar-refractivity contribution is 6.21. The van der Waals surface area contributed by atoms with Crippen molar-refractivity contribution in [2.75, 3.05) is 85.3 Å². The van der Waals surface area contributed by atoms with Gasteiger partial charge in [-0.1, -0.05) is 37.6 Å². The molecule has 2 amide bonds. The number of amides is 2. The second kappa shape index (κ2) is 15.9. The Morgan fingerprint density at radius 2 is 1.18 bits per heavy atom. The van der Waals surface area contributed by atoms with E-state index in [1.165, 1.54) is 12.8 Å². The Bertz CT molecular complexity index is 1150. The topological polar surface area (TPSA) is 131 Å². The molecule has 2 bridgehead atoms. The van der Waals surface area contributed by atoms with Crippen molar-refractivity contribution >= 4 is 11.8 Å². The Morgan fingerprint density at radius 1 is 0.705 bits per heavy atom. The number of imide groups is 1. The average molecular weight is 607 g/mol. The summed E-state index contributed by atoms with van der Waals surface area (Å²) in [5, 5.41) is 26.3. The van der Waals surface area contributed by atoms with Crippen molar-refractivity contribution in [1.29, 1.82) is 0 Å². The normalized spacial score (nSPS) is 25.8. The lowest BCUT2D eigenvalue weighted by molar-refractivity contribution is 0.0522. The monoisotopic (exact) mass is 606 g/mol. The number of nitrogens with zero attached hydrogens (tertiary/aromatic N) is 1. The van der Waals surface area contributed by atoms with Gasteiger partial charge in [-0.05, 0) is 36.2 Å². The van der Waals surface area contributed by atoms with Gasteiger partial charge in [0.25, 0.3) is 11.8 Å². The van der Waals surface area contributed by atoms with Gasteiger partial charge in [0, 0.05) is 90.5 Å². The van der Waals surface area contributed by atoms with Crippen molar-refractivity contribution in [3.8, 4) is 5.75 Å². The molecule has 2 aromatic carbocycles. The third-order valence-corrected chi connectivity index (χ3v) is 8.94. The standard InChI is InChI=1S/C33H50N8O3/c1-2-11-32-19-34-12-15-37-22-33(23-38-16-13-35-20-32,24-39-17-14-36-21-32)40-18-26-7-9-27(10-8-26)44-25-41-30(42)28-5-3-4-6-29(28)31(41)43/h3-10,34-40H,2,11-25H2,1H3. The van der Waals surface area contributed by atoms with Crippen LogP contribution in [0.5, 0.6) is 5.75 Å². The van der Waals surface area contributed by atoms with Gasteiger partial charge in [0.1, 0.15) is 5.75 Å². The first-order chi connectivity index (χ1) is 21.5. The van der Waals surface area contributed by atoms with Gasteiger partial charge in [0.15, 0.2) is 6.73 Å². The van der Waals surface area contributed by atoms with E-state index in [2.05, 4.69) is 44.1 Å². The Labute approximate surface area is 261 Å². The van der Waals surface area contributed by atoms with E-state index in [1.54, 1.807) is 24.3 Å². The van der Waals surface area contributed by atoms with E-state index in [0.29, 0.717) is 23.4 Å². The minimum absolute atomic E-state index is 0.117. The molecule has 4 aliphatic rings. The smallest absolute Gasteiger partial charge is 0.264 e. The van der Waals surface area contributed by atoms with Gasteiger partial charge >= 0.3 is 0 Å². The van der Waals surface area contributed by atoms with Crippen LogP contribution in [0.4, 0.5) is 0 Å². The first kappa shape index (κ1) is 32.5. The summed E-state index contributed by atoms with van der Waals surface area (Å²) >= 11 is 0. The summed E-state index contributed by atoms with van der Waals surface area (Å²) in [6, 6.07) is 14.7. The first-order valence-electron chi connectivity index (χ1n) is 16.2. The van der Waals surface area contributed by atoms with E-state index in [1.807, 2.05) is 24.3 Å². The van der Waals surface area contributed by atoms with Crippen LogP contribution in [0, 0.1) is 5.41 Å². The lowest BCUT2D eigenvalue weighted by atomic mass is 9.82. The number of hydrogen-bond acceptors (Lipinski definition) is 10. The van der Waals surface area contributed by atoms with Crippen LogP contribution in [-0.4, -0.2) is 108 Å². The zero-order valence-corrected chi connectivity index (χ0v) is 26.1. The number of ether oxygens (including phenoxy) is 1. The van der Waals surface area contributed by atoms with Crippen molar-refractivity contribution in [3.05, 3.63) is 65.2 Å². The lowest BCUT2D eigenvalue weighted by Crippen LogP contribution is -2.64. The number of hydrogen-bond donors (Lipinski definition) is 7. The molecule has 7 N–H and O–H groups in total. The van der Waals surface area contributed by atoms with E-state index in [9.17, 15) is 9.59 Å². The summed E-state index contributed by atoms with van der Waals surface area (Å²) in [5.41, 5.74) is 2.00. The van der Waals surface area contributed by atoms with Gasteiger partial charge in [-0.2, -0.15) is 0 Å². The van der Waals surface area contributed by atoms with E-state index in [4.69, 9.17) is 4.74 Å². The number of rotatable bonds is 8. The van der Waals surface area contributed by atoms with Crippen LogP contribution in [0.1, 0.15) is 46.0 Å². The molecule has 0 saturated carbocycles. The summed E-state index contributed by atoms with van der Waals surface area (Å²) in [7, 11) is 0. The molecule has 240 valence electrons. The molecule has 0 radical (unpaired) electrons. The van der Waals surface area contributed by atoms with Gasteiger partial charge in [0.2, 0.25) is 0 Å². The summed E-state index contributed by atoms with van der Waals surface area (Å²) < 4.78 is 5.84. The van der Waals surface area contributed by atoms with Crippen molar-refractivity contribution in [1.82, 2.24) is 42.1 Å². The summed E-state index contributed by atoms with van der Waals surface area (Å²) in [5.74, 6) is -0.0281. The molecule has 0 unspecified atom stereocenters. The van der Waals surface area contributed by atoms with Crippen LogP contribution in [-0.2, 0) is 6.54 Å². The molecule has 3 fully saturated rings. The summed E-state index contributed by atoms with van der Waals surface area (Å²) in [4.78, 5) is 26.4. The maximum Gasteiger partial charge on any atom is 0.264 e. The van der Waals surface area contributed by atoms with Crippen LogP contribution in [0.15, 0.2) is 48.5 Å². The second-order valence-electron chi connectivity index (χ2n) is 12.4. The molecular formula is C33H50N8O3. The number of nitrogens with one attached hydrogen (secondary N) is 7. The van der Waals surface area contributed by atoms with Gasteiger partial charge in [-0.15, -0.1) is 0 Å². The van der Waals surface area contributed by atoms with Gasteiger partial charge < -0.3 is 42.0 Å². The molecule has 0 aliphatic carbocycles. The van der Waals surface area contributed by atoms with E-state index in [-0.39, 0.29) is 29.5 Å². The minimum Gasteiger partial charge on any atom is -0.473 e. The molecule has 4 heterocycles. The van der Waals surface area contributed by atoms with E-state index < -0.39 is 0 Å². The molecule has 6 rings (SSSR count). The van der Waals surface area contributed by atoms with Crippen LogP contribution in [0.2, 0.25) is 0 Å². The van der Waals surface area contributed by atoms with Crippen molar-refractivity contribution in [3.63, 3.8) is 0 Å². The first-order valence-corrected chi connectivity index (χ1v) is 16.2. The van der Waals surface area contributed by atoms with Gasteiger partial charge in [0.05, 0.1) is 16.7 Å². The maximum atomic E-state index is 12.6. The maximum absolute atomic E-state index is 12.6. The Morgan fingerprint density at radius 3 is 1.66 bits per heavy atom. The zero-order chi connectivity index (χ0) is 30.7. The molecule has 0 aromatic heterocycles. The van der Waals surface area contributed by atoms with Crippen molar-refractivity contribution in [2.24, 2.45) is 5.41 Å². The zero-order valence-electron chi connectivity index (χ0n) is 26.1. The highest BCUT2D eigenvalue weighted by Crippen LogP contribution is 2.24. The van der Waals surface area contributed by atoms with Crippen LogP contribution in [0.3, 0.4) is 0 Å². The summed E-state index contributed by atoms with van der Waals surface area (Å²) in [6.07, 6.45) is 2.38. The van der Waals surface area contributed by atoms with Crippen molar-refractivity contribution < 1.29 is 14.3 Å². The predicted octanol–water partition coefficient (Wildman–Crippen LogP) is 0.499. The predicted molar refractivity (Wildman–Crippen MR) is 173 cm³/mol. The van der Waals surface area contributed by atoms with E-state index in [0.717, 1.165) is 89.0 Å². The Balaban J connectivity index is 1.19. The van der Waals surface area contributed by atoms with E-state index >= 15 is 0 Å². The fraction of sp³-hybridized carbons (Fsp3) is 0.576. The van der Waals surface area contributed by atoms with Crippen molar-refractivity contribution in [2.45, 2.75) is 31.8 Å². The molecule has 11 heteroatoms. The number of carbonyl (C=O) groups excluding carboxylic acids is 2. The Hall–Kier alpha value is -2.90. The largest absolute Gasteiger partial charge is 0.473 e. The number of benzene rings is 2. The third-order valence-electron chi connectivity index (χ3n) is 8.94. The van der Waals surface area contributed by atoms with Gasteiger partial charge in [-0.25, -0.2) is 4.90 Å². The second-order valence-corrected chi connectivity index (χ2v) is 12.4. The van der Waals surface area contributed by atoms with Crippen LogP contribution < -0.4 is 42.0 Å². The van der Waals surface area contributed by atoms with Gasteiger partial charge in [-0.3, -0.25) is 9.59 Å². The molecular weight excluding hydrogens is 556 g/mol. The molecule has 4 aliphatic heterocycles. The van der Waals surface area contributed by atoms with Crippen LogP contribution >= 0.6 is 0 Å². The molecule has 3 saturated heterocycles. The molecule has 2 aromatic rings. The number of carbonyl (C=O) groups is 2. The lowest BCUT2D eigenvalue weighted by Gasteiger charge is -2.38. The SMILES string of the molecule is CCCC12CNCCNCC(NCc3ccc(OCN4C(=O)c5ccccc5C4=O)cc3)(CNCCNC1)CNCCNC2. The molecule has 44 heavy (non-hydrogen) atoms. The van der Waals surface area contributed by atoms with Crippen LogP contribution in [0.25, 0.3) is 0 Å². The highest BCUT2D eigenvalue weighted by atomic mass is 16.5.